The topological polar surface area (TPSA) is 119 Å². The van der Waals surface area contributed by atoms with Crippen LogP contribution in [0.2, 0.25) is 0 Å². The molecule has 3 heterocycles. The molecule has 3 fully saturated rings. The van der Waals surface area contributed by atoms with Crippen LogP contribution in [0.3, 0.4) is 0 Å². The van der Waals surface area contributed by atoms with E-state index in [0.29, 0.717) is 11.7 Å². The zero-order valence-corrected chi connectivity index (χ0v) is 19.9. The Morgan fingerprint density at radius 1 is 1.28 bits per heavy atom. The van der Waals surface area contributed by atoms with E-state index >= 15 is 0 Å². The Labute approximate surface area is 193 Å². The normalized spacial score (nSPS) is 23.1. The molecule has 32 heavy (non-hydrogen) atoms. The Morgan fingerprint density at radius 2 is 1.94 bits per heavy atom. The van der Waals surface area contributed by atoms with Crippen LogP contribution in [0.15, 0.2) is 0 Å². The maximum Gasteiger partial charge on any atom is 0.290 e. The summed E-state index contributed by atoms with van der Waals surface area (Å²) in [5.74, 6) is -0.0456. The standard InChI is InChI=1S/C20H32N6O2S.CH2O2/c1-14(2)18-22-23-19(29-18)26-11-15(10-16(26)27)17(28)21-12-20(4-5-20)13-25-8-6-24(3)7-9-25;2-1-3/h14-15H,4-13H2,1-3H3,(H,21,28);1H,(H,2,3). The van der Waals surface area contributed by atoms with Crippen molar-refractivity contribution in [2.24, 2.45) is 11.3 Å². The second kappa shape index (κ2) is 10.7. The predicted molar refractivity (Wildman–Crippen MR) is 122 cm³/mol. The fourth-order valence-electron chi connectivity index (χ4n) is 4.10. The minimum absolute atomic E-state index is 0.000833. The molecule has 3 aliphatic rings. The van der Waals surface area contributed by atoms with Crippen molar-refractivity contribution in [2.75, 3.05) is 57.8 Å². The molecule has 2 amide bonds. The molecule has 178 valence electrons. The van der Waals surface area contributed by atoms with Gasteiger partial charge in [-0.3, -0.25) is 19.3 Å². The number of aromatic nitrogens is 2. The Balaban J connectivity index is 0.000000913. The van der Waals surface area contributed by atoms with Gasteiger partial charge in [0.15, 0.2) is 0 Å². The van der Waals surface area contributed by atoms with Gasteiger partial charge in [0.05, 0.1) is 5.92 Å². The lowest BCUT2D eigenvalue weighted by atomic mass is 10.0. The molecule has 2 aliphatic heterocycles. The molecular weight excluding hydrogens is 432 g/mol. The van der Waals surface area contributed by atoms with Gasteiger partial charge in [0.1, 0.15) is 5.01 Å². The van der Waals surface area contributed by atoms with E-state index in [-0.39, 0.29) is 42.0 Å². The number of nitrogens with zero attached hydrogens (tertiary/aromatic N) is 5. The van der Waals surface area contributed by atoms with Gasteiger partial charge in [0.25, 0.3) is 6.47 Å². The summed E-state index contributed by atoms with van der Waals surface area (Å²) in [4.78, 5) is 40.1. The molecule has 1 aromatic rings. The number of likely N-dealkylation sites (N-methyl/N-ethyl adjacent to an activating group) is 1. The highest BCUT2D eigenvalue weighted by Gasteiger charge is 2.45. The van der Waals surface area contributed by atoms with Crippen molar-refractivity contribution in [1.29, 1.82) is 0 Å². The highest BCUT2D eigenvalue weighted by molar-refractivity contribution is 7.15. The van der Waals surface area contributed by atoms with E-state index in [1.54, 1.807) is 4.90 Å². The molecule has 1 aromatic heterocycles. The summed E-state index contributed by atoms with van der Waals surface area (Å²) in [7, 11) is 2.17. The third-order valence-corrected chi connectivity index (χ3v) is 7.65. The number of amides is 2. The summed E-state index contributed by atoms with van der Waals surface area (Å²) in [5, 5.41) is 19.9. The van der Waals surface area contributed by atoms with E-state index in [9.17, 15) is 9.59 Å². The predicted octanol–water partition coefficient (Wildman–Crippen LogP) is 0.859. The second-order valence-corrected chi connectivity index (χ2v) is 10.4. The molecule has 11 heteroatoms. The lowest BCUT2D eigenvalue weighted by Gasteiger charge is -2.35. The molecule has 0 bridgehead atoms. The van der Waals surface area contributed by atoms with Crippen molar-refractivity contribution < 1.29 is 19.5 Å². The minimum atomic E-state index is -0.298. The van der Waals surface area contributed by atoms with Crippen LogP contribution in [-0.2, 0) is 14.4 Å². The first-order valence-electron chi connectivity index (χ1n) is 11.2. The largest absolute Gasteiger partial charge is 0.483 e. The van der Waals surface area contributed by atoms with Gasteiger partial charge in [-0.25, -0.2) is 0 Å². The molecule has 4 rings (SSSR count). The number of piperazine rings is 1. The van der Waals surface area contributed by atoms with Gasteiger partial charge in [-0.1, -0.05) is 25.2 Å². The maximum absolute atomic E-state index is 12.7. The molecule has 2 saturated heterocycles. The molecule has 2 N–H and O–H groups in total. The number of anilines is 1. The molecule has 0 radical (unpaired) electrons. The van der Waals surface area contributed by atoms with E-state index in [0.717, 1.165) is 44.3 Å². The molecule has 1 atom stereocenters. The quantitative estimate of drug-likeness (QED) is 0.568. The van der Waals surface area contributed by atoms with Crippen LogP contribution in [0.5, 0.6) is 0 Å². The molecule has 1 saturated carbocycles. The number of rotatable bonds is 7. The van der Waals surface area contributed by atoms with Crippen LogP contribution >= 0.6 is 11.3 Å². The summed E-state index contributed by atoms with van der Waals surface area (Å²) < 4.78 is 0. The number of carbonyl (C=O) groups is 3. The second-order valence-electron chi connectivity index (χ2n) is 9.39. The zero-order valence-electron chi connectivity index (χ0n) is 19.1. The average Bonchev–Trinajstić information content (AvgIpc) is 3.15. The highest BCUT2D eigenvalue weighted by Crippen LogP contribution is 2.46. The highest BCUT2D eigenvalue weighted by atomic mass is 32.1. The number of hydrogen-bond acceptors (Lipinski definition) is 8. The van der Waals surface area contributed by atoms with Crippen molar-refractivity contribution in [3.8, 4) is 0 Å². The lowest BCUT2D eigenvalue weighted by molar-refractivity contribution is -0.126. The van der Waals surface area contributed by atoms with Crippen molar-refractivity contribution >= 4 is 34.8 Å². The van der Waals surface area contributed by atoms with Gasteiger partial charge in [0, 0.05) is 63.6 Å². The van der Waals surface area contributed by atoms with Gasteiger partial charge in [-0.15, -0.1) is 10.2 Å². The van der Waals surface area contributed by atoms with Gasteiger partial charge >= 0.3 is 0 Å². The van der Waals surface area contributed by atoms with Gasteiger partial charge < -0.3 is 20.2 Å². The fourth-order valence-corrected chi connectivity index (χ4v) is 4.98. The molecule has 10 nitrogen and oxygen atoms in total. The number of hydrogen-bond donors (Lipinski definition) is 2. The van der Waals surface area contributed by atoms with E-state index < -0.39 is 0 Å². The first kappa shape index (κ1) is 24.5. The summed E-state index contributed by atoms with van der Waals surface area (Å²) in [6.45, 7) is 10.5. The average molecular weight is 467 g/mol. The van der Waals surface area contributed by atoms with Crippen LogP contribution in [-0.4, -0.2) is 96.3 Å². The third-order valence-electron chi connectivity index (χ3n) is 6.40. The van der Waals surface area contributed by atoms with Crippen LogP contribution in [0.4, 0.5) is 5.13 Å². The summed E-state index contributed by atoms with van der Waals surface area (Å²) in [6.07, 6.45) is 2.62. The number of carbonyl (C=O) groups excluding carboxylic acids is 2. The summed E-state index contributed by atoms with van der Waals surface area (Å²) in [6, 6.07) is 0. The number of carboxylic acid groups (broad SMARTS) is 1. The van der Waals surface area contributed by atoms with E-state index in [4.69, 9.17) is 9.90 Å². The molecule has 0 spiro atoms. The Kier molecular flexibility index (Phi) is 8.18. The minimum Gasteiger partial charge on any atom is -0.483 e. The van der Waals surface area contributed by atoms with Crippen LogP contribution < -0.4 is 10.2 Å². The van der Waals surface area contributed by atoms with Gasteiger partial charge in [-0.05, 0) is 19.9 Å². The molecule has 1 aliphatic carbocycles. The molecule has 1 unspecified atom stereocenters. The van der Waals surface area contributed by atoms with Crippen molar-refractivity contribution in [3.05, 3.63) is 5.01 Å². The van der Waals surface area contributed by atoms with E-state index in [1.807, 2.05) is 0 Å². The van der Waals surface area contributed by atoms with E-state index in [2.05, 4.69) is 46.2 Å². The number of nitrogens with one attached hydrogen (secondary N) is 1. The van der Waals surface area contributed by atoms with Crippen molar-refractivity contribution in [3.63, 3.8) is 0 Å². The van der Waals surface area contributed by atoms with Crippen LogP contribution in [0.1, 0.15) is 44.0 Å². The van der Waals surface area contributed by atoms with Crippen molar-refractivity contribution in [1.82, 2.24) is 25.3 Å². The molecule has 0 aromatic carbocycles. The summed E-state index contributed by atoms with van der Waals surface area (Å²) in [5.41, 5.74) is 0.235. The molecular formula is C21H34N6O4S. The van der Waals surface area contributed by atoms with Gasteiger partial charge in [-0.2, -0.15) is 0 Å². The Hall–Kier alpha value is -2.11. The monoisotopic (exact) mass is 466 g/mol. The third kappa shape index (κ3) is 6.23. The van der Waals surface area contributed by atoms with Crippen molar-refractivity contribution in [2.45, 2.75) is 39.0 Å². The lowest BCUT2D eigenvalue weighted by Crippen LogP contribution is -2.48. The van der Waals surface area contributed by atoms with E-state index in [1.165, 1.54) is 24.2 Å². The summed E-state index contributed by atoms with van der Waals surface area (Å²) >= 11 is 1.45. The SMILES string of the molecule is CC(C)c1nnc(N2CC(C(=O)NCC3(CN4CCN(C)CC4)CC3)CC2=O)s1.O=CO. The maximum atomic E-state index is 12.7. The first-order valence-corrected chi connectivity index (χ1v) is 12.0. The van der Waals surface area contributed by atoms with Crippen LogP contribution in [0, 0.1) is 11.3 Å². The Bertz CT molecular complexity index is 804. The first-order chi connectivity index (χ1) is 15.3. The fraction of sp³-hybridized carbons (Fsp3) is 0.762. The Morgan fingerprint density at radius 3 is 2.50 bits per heavy atom. The van der Waals surface area contributed by atoms with Crippen LogP contribution in [0.25, 0.3) is 0 Å². The smallest absolute Gasteiger partial charge is 0.290 e. The zero-order chi connectivity index (χ0) is 23.3. The van der Waals surface area contributed by atoms with Gasteiger partial charge in [0.2, 0.25) is 16.9 Å².